The van der Waals surface area contributed by atoms with Crippen LogP contribution in [0.4, 0.5) is 4.39 Å². The summed E-state index contributed by atoms with van der Waals surface area (Å²) >= 11 is 0. The third kappa shape index (κ3) is 3.06. The smallest absolute Gasteiger partial charge is 0.130 e. The third-order valence-corrected chi connectivity index (χ3v) is 2.58. The lowest BCUT2D eigenvalue weighted by Gasteiger charge is -2.07. The normalized spacial score (nSPS) is 10.3. The fourth-order valence-corrected chi connectivity index (χ4v) is 1.69. The highest BCUT2D eigenvalue weighted by atomic mass is 19.1. The second kappa shape index (κ2) is 5.00. The van der Waals surface area contributed by atoms with Gasteiger partial charge < -0.3 is 4.74 Å². The lowest BCUT2D eigenvalue weighted by Crippen LogP contribution is -1.87. The average Bonchev–Trinajstić information content (AvgIpc) is 2.28. The standard InChI is InChI=1S/C15H15FO/c1-3-12-4-6-14(7-5-12)17-15-9-11(2)8-13(16)10-15/h4-10H,3H2,1-2H3. The molecule has 0 aliphatic carbocycles. The topological polar surface area (TPSA) is 9.23 Å². The Balaban J connectivity index is 2.19. The van der Waals surface area contributed by atoms with Gasteiger partial charge in [0, 0.05) is 6.07 Å². The molecule has 2 aromatic carbocycles. The number of hydrogen-bond donors (Lipinski definition) is 0. The van der Waals surface area contributed by atoms with Crippen LogP contribution >= 0.6 is 0 Å². The highest BCUT2D eigenvalue weighted by Crippen LogP contribution is 2.23. The summed E-state index contributed by atoms with van der Waals surface area (Å²) in [5.74, 6) is 0.990. The Morgan fingerprint density at radius 1 is 1.00 bits per heavy atom. The molecule has 2 aromatic rings. The summed E-state index contributed by atoms with van der Waals surface area (Å²) < 4.78 is 18.8. The van der Waals surface area contributed by atoms with E-state index in [1.807, 2.05) is 37.3 Å². The first kappa shape index (κ1) is 11.6. The van der Waals surface area contributed by atoms with Crippen molar-refractivity contribution >= 4 is 0 Å². The Kier molecular flexibility index (Phi) is 3.43. The van der Waals surface area contributed by atoms with Crippen molar-refractivity contribution in [3.8, 4) is 11.5 Å². The predicted octanol–water partition coefficient (Wildman–Crippen LogP) is 4.49. The first-order valence-corrected chi connectivity index (χ1v) is 5.71. The lowest BCUT2D eigenvalue weighted by molar-refractivity contribution is 0.476. The molecule has 88 valence electrons. The van der Waals surface area contributed by atoms with Crippen molar-refractivity contribution in [3.63, 3.8) is 0 Å². The zero-order chi connectivity index (χ0) is 12.3. The molecule has 0 aliphatic rings. The Morgan fingerprint density at radius 3 is 2.29 bits per heavy atom. The van der Waals surface area contributed by atoms with Gasteiger partial charge in [-0.3, -0.25) is 0 Å². The van der Waals surface area contributed by atoms with Crippen LogP contribution in [0.2, 0.25) is 0 Å². The lowest BCUT2D eigenvalue weighted by atomic mass is 10.2. The van der Waals surface area contributed by atoms with E-state index in [1.165, 1.54) is 17.7 Å². The van der Waals surface area contributed by atoms with Crippen LogP contribution in [0.3, 0.4) is 0 Å². The number of ether oxygens (including phenoxy) is 1. The minimum Gasteiger partial charge on any atom is -0.457 e. The Hall–Kier alpha value is -1.83. The van der Waals surface area contributed by atoms with Gasteiger partial charge in [-0.15, -0.1) is 0 Å². The molecular weight excluding hydrogens is 215 g/mol. The Bertz CT molecular complexity index is 483. The summed E-state index contributed by atoms with van der Waals surface area (Å²) in [5.41, 5.74) is 2.11. The van der Waals surface area contributed by atoms with E-state index in [0.717, 1.165) is 17.7 Å². The van der Waals surface area contributed by atoms with Crippen LogP contribution in [-0.2, 0) is 6.42 Å². The van der Waals surface area contributed by atoms with E-state index in [9.17, 15) is 4.39 Å². The molecular formula is C15H15FO. The summed E-state index contributed by atoms with van der Waals surface area (Å²) in [6.07, 6.45) is 0.999. The molecule has 0 unspecified atom stereocenters. The molecule has 0 aliphatic heterocycles. The van der Waals surface area contributed by atoms with Crippen molar-refractivity contribution in [2.75, 3.05) is 0 Å². The molecule has 0 amide bonds. The van der Waals surface area contributed by atoms with Crippen molar-refractivity contribution in [2.45, 2.75) is 20.3 Å². The summed E-state index contributed by atoms with van der Waals surface area (Å²) in [5, 5.41) is 0. The molecule has 0 spiro atoms. The van der Waals surface area contributed by atoms with Crippen molar-refractivity contribution in [1.82, 2.24) is 0 Å². The van der Waals surface area contributed by atoms with E-state index in [1.54, 1.807) is 0 Å². The van der Waals surface area contributed by atoms with E-state index in [4.69, 9.17) is 4.74 Å². The van der Waals surface area contributed by atoms with Crippen LogP contribution in [-0.4, -0.2) is 0 Å². The zero-order valence-corrected chi connectivity index (χ0v) is 10.0. The molecule has 0 fully saturated rings. The van der Waals surface area contributed by atoms with Gasteiger partial charge in [0.15, 0.2) is 0 Å². The maximum absolute atomic E-state index is 13.2. The number of hydrogen-bond acceptors (Lipinski definition) is 1. The van der Waals surface area contributed by atoms with Crippen LogP contribution in [0.25, 0.3) is 0 Å². The van der Waals surface area contributed by atoms with Gasteiger partial charge in [0.05, 0.1) is 0 Å². The number of halogens is 1. The second-order valence-corrected chi connectivity index (χ2v) is 4.06. The van der Waals surface area contributed by atoms with Gasteiger partial charge in [0.1, 0.15) is 17.3 Å². The van der Waals surface area contributed by atoms with Crippen molar-refractivity contribution in [3.05, 3.63) is 59.4 Å². The molecule has 2 rings (SSSR count). The highest BCUT2D eigenvalue weighted by Gasteiger charge is 2.01. The van der Waals surface area contributed by atoms with Gasteiger partial charge >= 0.3 is 0 Å². The van der Waals surface area contributed by atoms with Crippen LogP contribution < -0.4 is 4.74 Å². The van der Waals surface area contributed by atoms with Gasteiger partial charge in [-0.05, 0) is 48.7 Å². The molecule has 1 nitrogen and oxygen atoms in total. The summed E-state index contributed by atoms with van der Waals surface area (Å²) in [6.45, 7) is 3.95. The third-order valence-electron chi connectivity index (χ3n) is 2.58. The van der Waals surface area contributed by atoms with Gasteiger partial charge in [0.2, 0.25) is 0 Å². The minimum atomic E-state index is -0.273. The SMILES string of the molecule is CCc1ccc(Oc2cc(C)cc(F)c2)cc1. The van der Waals surface area contributed by atoms with E-state index >= 15 is 0 Å². The maximum Gasteiger partial charge on any atom is 0.130 e. The van der Waals surface area contributed by atoms with E-state index < -0.39 is 0 Å². The molecule has 2 heteroatoms. The Morgan fingerprint density at radius 2 is 1.71 bits per heavy atom. The quantitative estimate of drug-likeness (QED) is 0.755. The van der Waals surface area contributed by atoms with E-state index in [2.05, 4.69) is 6.92 Å². The molecule has 0 radical (unpaired) electrons. The van der Waals surface area contributed by atoms with Crippen LogP contribution in [0.5, 0.6) is 11.5 Å². The number of rotatable bonds is 3. The molecule has 0 heterocycles. The van der Waals surface area contributed by atoms with E-state index in [-0.39, 0.29) is 5.82 Å². The molecule has 0 saturated carbocycles. The minimum absolute atomic E-state index is 0.273. The molecule has 0 aromatic heterocycles. The van der Waals surface area contributed by atoms with Gasteiger partial charge in [-0.25, -0.2) is 4.39 Å². The second-order valence-electron chi connectivity index (χ2n) is 4.06. The van der Waals surface area contributed by atoms with Gasteiger partial charge in [-0.2, -0.15) is 0 Å². The monoisotopic (exact) mass is 230 g/mol. The van der Waals surface area contributed by atoms with Crippen LogP contribution in [0, 0.1) is 12.7 Å². The van der Waals surface area contributed by atoms with Crippen LogP contribution in [0.15, 0.2) is 42.5 Å². The first-order chi connectivity index (χ1) is 8.17. The fourth-order valence-electron chi connectivity index (χ4n) is 1.69. The fraction of sp³-hybridized carbons (Fsp3) is 0.200. The molecule has 0 atom stereocenters. The summed E-state index contributed by atoms with van der Waals surface area (Å²) in [4.78, 5) is 0. The first-order valence-electron chi connectivity index (χ1n) is 5.71. The van der Waals surface area contributed by atoms with Crippen molar-refractivity contribution in [1.29, 1.82) is 0 Å². The Labute approximate surface area is 101 Å². The summed E-state index contributed by atoms with van der Waals surface area (Å²) in [6, 6.07) is 12.5. The van der Waals surface area contributed by atoms with Gasteiger partial charge in [-0.1, -0.05) is 19.1 Å². The molecule has 0 saturated heterocycles. The highest BCUT2D eigenvalue weighted by molar-refractivity contribution is 5.35. The molecule has 0 bridgehead atoms. The maximum atomic E-state index is 13.2. The zero-order valence-electron chi connectivity index (χ0n) is 10.0. The average molecular weight is 230 g/mol. The number of benzene rings is 2. The van der Waals surface area contributed by atoms with Crippen molar-refractivity contribution in [2.24, 2.45) is 0 Å². The molecule has 0 N–H and O–H groups in total. The van der Waals surface area contributed by atoms with Gasteiger partial charge in [0.25, 0.3) is 0 Å². The molecule has 17 heavy (non-hydrogen) atoms. The van der Waals surface area contributed by atoms with Crippen LogP contribution in [0.1, 0.15) is 18.1 Å². The summed E-state index contributed by atoms with van der Waals surface area (Å²) in [7, 11) is 0. The predicted molar refractivity (Wildman–Crippen MR) is 67.0 cm³/mol. The van der Waals surface area contributed by atoms with E-state index in [0.29, 0.717) is 5.75 Å². The van der Waals surface area contributed by atoms with Crippen molar-refractivity contribution < 1.29 is 9.13 Å². The largest absolute Gasteiger partial charge is 0.457 e. The number of aryl methyl sites for hydroxylation is 2.